The van der Waals surface area contributed by atoms with E-state index in [1.165, 1.54) is 0 Å². The molecule has 74 valence electrons. The molecule has 0 bridgehead atoms. The van der Waals surface area contributed by atoms with Crippen molar-refractivity contribution in [2.45, 2.75) is 6.92 Å². The Kier molecular flexibility index (Phi) is 2.54. The highest BCUT2D eigenvalue weighted by Gasteiger charge is 2.10. The van der Waals surface area contributed by atoms with Crippen LogP contribution in [0.5, 0.6) is 0 Å². The number of benzene rings is 1. The average Bonchev–Trinajstić information content (AvgIpc) is 2.29. The topological polar surface area (TPSA) is 42.9 Å². The first-order chi connectivity index (χ1) is 7.27. The number of rotatable bonds is 2. The van der Waals surface area contributed by atoms with Crippen molar-refractivity contribution in [3.05, 3.63) is 59.7 Å². The van der Waals surface area contributed by atoms with Gasteiger partial charge in [0.1, 0.15) is 0 Å². The predicted octanol–water partition coefficient (Wildman–Crippen LogP) is 2.02. The number of aromatic nitrogens is 2. The van der Waals surface area contributed by atoms with E-state index in [1.807, 2.05) is 25.1 Å². The third-order valence-corrected chi connectivity index (χ3v) is 2.03. The molecule has 0 aliphatic carbocycles. The number of hydrogen-bond donors (Lipinski definition) is 0. The van der Waals surface area contributed by atoms with Crippen molar-refractivity contribution in [3.8, 4) is 0 Å². The van der Waals surface area contributed by atoms with E-state index >= 15 is 0 Å². The van der Waals surface area contributed by atoms with Gasteiger partial charge >= 0.3 is 0 Å². The second-order valence-corrected chi connectivity index (χ2v) is 3.22. The molecule has 3 heteroatoms. The van der Waals surface area contributed by atoms with Gasteiger partial charge in [0.15, 0.2) is 0 Å². The minimum atomic E-state index is -0.140. The van der Waals surface area contributed by atoms with Crippen LogP contribution in [0.1, 0.15) is 21.9 Å². The van der Waals surface area contributed by atoms with E-state index in [1.54, 1.807) is 24.4 Å². The number of carbonyl (C=O) groups excluding carboxylic acids is 1. The summed E-state index contributed by atoms with van der Waals surface area (Å²) in [5.74, 6) is 0.112. The Balaban J connectivity index is 2.37. The monoisotopic (exact) mass is 198 g/mol. The van der Waals surface area contributed by atoms with Crippen molar-refractivity contribution < 1.29 is 4.79 Å². The molecule has 0 spiro atoms. The zero-order valence-electron chi connectivity index (χ0n) is 8.34. The Morgan fingerprint density at radius 1 is 1.13 bits per heavy atom. The quantitative estimate of drug-likeness (QED) is 0.693. The molecule has 0 fully saturated rings. The van der Waals surface area contributed by atoms with E-state index in [-0.39, 0.29) is 11.6 Å². The van der Waals surface area contributed by atoms with E-state index in [0.717, 1.165) is 5.69 Å². The first kappa shape index (κ1) is 9.52. The van der Waals surface area contributed by atoms with Crippen LogP contribution < -0.4 is 0 Å². The van der Waals surface area contributed by atoms with Crippen molar-refractivity contribution in [1.82, 2.24) is 9.97 Å². The molecule has 3 nitrogen and oxygen atoms in total. The van der Waals surface area contributed by atoms with Crippen LogP contribution in [-0.4, -0.2) is 15.8 Å². The van der Waals surface area contributed by atoms with Crippen LogP contribution in [0.3, 0.4) is 0 Å². The molecule has 0 radical (unpaired) electrons. The van der Waals surface area contributed by atoms with Crippen LogP contribution in [0, 0.1) is 6.92 Å². The summed E-state index contributed by atoms with van der Waals surface area (Å²) in [5, 5.41) is 0. The van der Waals surface area contributed by atoms with Crippen LogP contribution in [0.25, 0.3) is 0 Å². The second-order valence-electron chi connectivity index (χ2n) is 3.22. The maximum Gasteiger partial charge on any atom is 0.230 e. The van der Waals surface area contributed by atoms with Gasteiger partial charge < -0.3 is 0 Å². The first-order valence-corrected chi connectivity index (χ1v) is 4.67. The van der Waals surface area contributed by atoms with E-state index in [4.69, 9.17) is 0 Å². The largest absolute Gasteiger partial charge is 0.285 e. The number of carbonyl (C=O) groups is 1. The molecule has 0 aliphatic rings. The van der Waals surface area contributed by atoms with Gasteiger partial charge in [0.05, 0.1) is 0 Å². The third kappa shape index (κ3) is 2.07. The van der Waals surface area contributed by atoms with E-state index in [2.05, 4.69) is 9.97 Å². The lowest BCUT2D eigenvalue weighted by Crippen LogP contribution is -2.07. The lowest BCUT2D eigenvalue weighted by atomic mass is 10.1. The van der Waals surface area contributed by atoms with Crippen LogP contribution in [0.15, 0.2) is 42.6 Å². The summed E-state index contributed by atoms with van der Waals surface area (Å²) in [6, 6.07) is 10.8. The summed E-state index contributed by atoms with van der Waals surface area (Å²) >= 11 is 0. The van der Waals surface area contributed by atoms with Gasteiger partial charge in [-0.25, -0.2) is 9.97 Å². The lowest BCUT2D eigenvalue weighted by molar-refractivity contribution is 0.102. The summed E-state index contributed by atoms with van der Waals surface area (Å²) in [5.41, 5.74) is 1.41. The van der Waals surface area contributed by atoms with Gasteiger partial charge in [-0.1, -0.05) is 30.3 Å². The summed E-state index contributed by atoms with van der Waals surface area (Å²) in [6.45, 7) is 1.84. The molecular weight excluding hydrogens is 188 g/mol. The van der Waals surface area contributed by atoms with Gasteiger partial charge in [-0.3, -0.25) is 4.79 Å². The van der Waals surface area contributed by atoms with Gasteiger partial charge in [-0.15, -0.1) is 0 Å². The molecule has 0 unspecified atom stereocenters. The predicted molar refractivity (Wildman–Crippen MR) is 56.6 cm³/mol. The summed E-state index contributed by atoms with van der Waals surface area (Å²) in [6.07, 6.45) is 1.60. The average molecular weight is 198 g/mol. The van der Waals surface area contributed by atoms with Crippen LogP contribution in [0.4, 0.5) is 0 Å². The van der Waals surface area contributed by atoms with Gasteiger partial charge in [-0.05, 0) is 13.0 Å². The van der Waals surface area contributed by atoms with Crippen LogP contribution >= 0.6 is 0 Å². The SMILES string of the molecule is Cc1ccnc(C(=O)c2ccccc2)n1. The van der Waals surface area contributed by atoms with E-state index in [9.17, 15) is 4.79 Å². The maximum atomic E-state index is 11.9. The Morgan fingerprint density at radius 2 is 1.87 bits per heavy atom. The van der Waals surface area contributed by atoms with Crippen molar-refractivity contribution in [2.75, 3.05) is 0 Å². The molecule has 15 heavy (non-hydrogen) atoms. The fourth-order valence-electron chi connectivity index (χ4n) is 1.28. The number of hydrogen-bond acceptors (Lipinski definition) is 3. The maximum absolute atomic E-state index is 11.9. The molecule has 0 aliphatic heterocycles. The molecule has 0 saturated heterocycles. The Labute approximate surface area is 87.8 Å². The molecule has 0 N–H and O–H groups in total. The van der Waals surface area contributed by atoms with E-state index < -0.39 is 0 Å². The van der Waals surface area contributed by atoms with Gasteiger partial charge in [0, 0.05) is 17.5 Å². The third-order valence-electron chi connectivity index (χ3n) is 2.03. The first-order valence-electron chi connectivity index (χ1n) is 4.67. The second kappa shape index (κ2) is 4.00. The van der Waals surface area contributed by atoms with Crippen molar-refractivity contribution in [1.29, 1.82) is 0 Å². The molecule has 0 amide bonds. The molecule has 2 aromatic rings. The molecule has 0 atom stereocenters. The molecular formula is C12H10N2O. The van der Waals surface area contributed by atoms with E-state index in [0.29, 0.717) is 5.56 Å². The normalized spacial score (nSPS) is 9.93. The fraction of sp³-hybridized carbons (Fsp3) is 0.0833. The summed E-state index contributed by atoms with van der Waals surface area (Å²) in [7, 11) is 0. The van der Waals surface area contributed by atoms with Gasteiger partial charge in [0.25, 0.3) is 0 Å². The van der Waals surface area contributed by atoms with Gasteiger partial charge in [0.2, 0.25) is 11.6 Å². The smallest absolute Gasteiger partial charge is 0.230 e. The zero-order valence-corrected chi connectivity index (χ0v) is 8.34. The standard InChI is InChI=1S/C12H10N2O/c1-9-7-8-13-12(14-9)11(15)10-5-3-2-4-6-10/h2-8H,1H3. The Hall–Kier alpha value is -2.03. The zero-order chi connectivity index (χ0) is 10.7. The number of aryl methyl sites for hydroxylation is 1. The Bertz CT molecular complexity index is 480. The highest BCUT2D eigenvalue weighted by Crippen LogP contribution is 2.05. The number of ketones is 1. The van der Waals surface area contributed by atoms with Crippen LogP contribution in [0.2, 0.25) is 0 Å². The van der Waals surface area contributed by atoms with Crippen LogP contribution in [-0.2, 0) is 0 Å². The molecule has 2 rings (SSSR count). The highest BCUT2D eigenvalue weighted by molar-refractivity contribution is 6.06. The highest BCUT2D eigenvalue weighted by atomic mass is 16.1. The fourth-order valence-corrected chi connectivity index (χ4v) is 1.28. The molecule has 0 saturated carbocycles. The van der Waals surface area contributed by atoms with Crippen molar-refractivity contribution in [2.24, 2.45) is 0 Å². The summed E-state index contributed by atoms with van der Waals surface area (Å²) in [4.78, 5) is 19.9. The molecule has 1 aromatic heterocycles. The summed E-state index contributed by atoms with van der Waals surface area (Å²) < 4.78 is 0. The molecule has 1 heterocycles. The minimum Gasteiger partial charge on any atom is -0.285 e. The number of nitrogens with zero attached hydrogens (tertiary/aromatic N) is 2. The lowest BCUT2D eigenvalue weighted by Gasteiger charge is -1.99. The minimum absolute atomic E-state index is 0.140. The van der Waals surface area contributed by atoms with Crippen molar-refractivity contribution in [3.63, 3.8) is 0 Å². The Morgan fingerprint density at radius 3 is 2.53 bits per heavy atom. The van der Waals surface area contributed by atoms with Crippen molar-refractivity contribution >= 4 is 5.78 Å². The van der Waals surface area contributed by atoms with Gasteiger partial charge in [-0.2, -0.15) is 0 Å². The molecule has 1 aromatic carbocycles.